The monoisotopic (exact) mass is 412 g/mol. The molecule has 154 valence electrons. The van der Waals surface area contributed by atoms with Crippen molar-refractivity contribution in [1.29, 1.82) is 0 Å². The van der Waals surface area contributed by atoms with Crippen molar-refractivity contribution in [3.05, 3.63) is 53.2 Å². The van der Waals surface area contributed by atoms with Gasteiger partial charge in [0.05, 0.1) is 0 Å². The lowest BCUT2D eigenvalue weighted by atomic mass is 10.2. The van der Waals surface area contributed by atoms with Crippen molar-refractivity contribution in [3.63, 3.8) is 0 Å². The summed E-state index contributed by atoms with van der Waals surface area (Å²) in [5.41, 5.74) is 2.40. The molecule has 2 N–H and O–H groups in total. The van der Waals surface area contributed by atoms with E-state index in [1.54, 1.807) is 0 Å². The summed E-state index contributed by atoms with van der Waals surface area (Å²) in [6.07, 6.45) is 5.49. The lowest BCUT2D eigenvalue weighted by Gasteiger charge is -2.21. The van der Waals surface area contributed by atoms with Crippen LogP contribution in [0.1, 0.15) is 24.8 Å². The first kappa shape index (κ1) is 19.8. The van der Waals surface area contributed by atoms with Gasteiger partial charge in [0.1, 0.15) is 5.82 Å². The van der Waals surface area contributed by atoms with E-state index in [2.05, 4.69) is 48.6 Å². The number of rotatable bonds is 5. The van der Waals surface area contributed by atoms with Crippen LogP contribution in [0.25, 0.3) is 0 Å². The molecule has 1 unspecified atom stereocenters. The van der Waals surface area contributed by atoms with Crippen LogP contribution in [0.3, 0.4) is 0 Å². The molecule has 0 bridgehead atoms. The van der Waals surface area contributed by atoms with E-state index in [1.807, 2.05) is 31.4 Å². The van der Waals surface area contributed by atoms with Gasteiger partial charge in [-0.05, 0) is 55.2 Å². The van der Waals surface area contributed by atoms with Gasteiger partial charge in [0.25, 0.3) is 0 Å². The van der Waals surface area contributed by atoms with Gasteiger partial charge in [0, 0.05) is 62.7 Å². The fraction of sp³-hybridized carbons (Fsp3) is 0.455. The standard InChI is InChI=1S/C22H29ClN6/c1-24-22(26-15-17-7-9-25-21(13-17)28-10-2-3-11-28)27-19-8-12-29(16-19)20-6-4-5-18(23)14-20/h4-7,9,13-14,19H,2-3,8,10-12,15-16H2,1H3,(H2,24,26,27). The SMILES string of the molecule is CN=C(NCc1ccnc(N2CCCC2)c1)NC1CCN(c2cccc(Cl)c2)C1. The number of pyridine rings is 1. The lowest BCUT2D eigenvalue weighted by Crippen LogP contribution is -2.44. The number of hydrogen-bond donors (Lipinski definition) is 2. The van der Waals surface area contributed by atoms with E-state index >= 15 is 0 Å². The molecule has 1 aromatic carbocycles. The third-order valence-electron chi connectivity index (χ3n) is 5.63. The highest BCUT2D eigenvalue weighted by Crippen LogP contribution is 2.23. The number of halogens is 1. The number of nitrogens with one attached hydrogen (secondary N) is 2. The number of aromatic nitrogens is 1. The molecule has 4 rings (SSSR count). The van der Waals surface area contributed by atoms with Crippen molar-refractivity contribution in [1.82, 2.24) is 15.6 Å². The molecule has 6 nitrogen and oxygen atoms in total. The van der Waals surface area contributed by atoms with Gasteiger partial charge in [0.2, 0.25) is 0 Å². The second kappa shape index (κ2) is 9.35. The molecule has 2 aromatic rings. The molecule has 2 aliphatic heterocycles. The molecule has 2 saturated heterocycles. The van der Waals surface area contributed by atoms with Crippen LogP contribution in [0.15, 0.2) is 47.6 Å². The predicted molar refractivity (Wildman–Crippen MR) is 121 cm³/mol. The van der Waals surface area contributed by atoms with Crippen LogP contribution >= 0.6 is 11.6 Å². The molecule has 0 aliphatic carbocycles. The molecular weight excluding hydrogens is 384 g/mol. The van der Waals surface area contributed by atoms with E-state index in [0.29, 0.717) is 6.04 Å². The molecule has 7 heteroatoms. The number of nitrogens with zero attached hydrogens (tertiary/aromatic N) is 4. The molecular formula is C22H29ClN6. The van der Waals surface area contributed by atoms with Crippen molar-refractivity contribution in [2.45, 2.75) is 31.8 Å². The first-order valence-corrected chi connectivity index (χ1v) is 10.8. The zero-order valence-corrected chi connectivity index (χ0v) is 17.7. The molecule has 1 aromatic heterocycles. The number of guanidine groups is 1. The van der Waals surface area contributed by atoms with Crippen molar-refractivity contribution in [2.24, 2.45) is 4.99 Å². The Kier molecular flexibility index (Phi) is 6.39. The highest BCUT2D eigenvalue weighted by molar-refractivity contribution is 6.30. The van der Waals surface area contributed by atoms with Gasteiger partial charge < -0.3 is 20.4 Å². The molecule has 1 atom stereocenters. The van der Waals surface area contributed by atoms with Crippen LogP contribution < -0.4 is 20.4 Å². The minimum Gasteiger partial charge on any atom is -0.369 e. The minimum atomic E-state index is 0.359. The fourth-order valence-electron chi connectivity index (χ4n) is 4.05. The molecule has 29 heavy (non-hydrogen) atoms. The van der Waals surface area contributed by atoms with Gasteiger partial charge >= 0.3 is 0 Å². The molecule has 3 heterocycles. The number of hydrogen-bond acceptors (Lipinski definition) is 4. The van der Waals surface area contributed by atoms with Crippen molar-refractivity contribution in [2.75, 3.05) is 43.0 Å². The maximum Gasteiger partial charge on any atom is 0.191 e. The Morgan fingerprint density at radius 1 is 1.17 bits per heavy atom. The molecule has 0 amide bonds. The maximum absolute atomic E-state index is 6.14. The predicted octanol–water partition coefficient (Wildman–Crippen LogP) is 3.28. The normalized spacial score (nSPS) is 19.7. The summed E-state index contributed by atoms with van der Waals surface area (Å²) >= 11 is 6.14. The average Bonchev–Trinajstić information content (AvgIpc) is 3.44. The van der Waals surface area contributed by atoms with Crippen LogP contribution in [-0.2, 0) is 6.54 Å². The number of anilines is 2. The smallest absolute Gasteiger partial charge is 0.191 e. The Balaban J connectivity index is 1.30. The second-order valence-electron chi connectivity index (χ2n) is 7.70. The van der Waals surface area contributed by atoms with Gasteiger partial charge in [0.15, 0.2) is 5.96 Å². The van der Waals surface area contributed by atoms with E-state index in [9.17, 15) is 0 Å². The number of aliphatic imine (C=N–C) groups is 1. The Morgan fingerprint density at radius 2 is 2.03 bits per heavy atom. The summed E-state index contributed by atoms with van der Waals surface area (Å²) in [6.45, 7) is 4.90. The average molecular weight is 413 g/mol. The summed E-state index contributed by atoms with van der Waals surface area (Å²) in [5, 5.41) is 7.78. The fourth-order valence-corrected chi connectivity index (χ4v) is 4.23. The Morgan fingerprint density at radius 3 is 2.83 bits per heavy atom. The van der Waals surface area contributed by atoms with Crippen LogP contribution in [0.5, 0.6) is 0 Å². The lowest BCUT2D eigenvalue weighted by molar-refractivity contribution is 0.648. The summed E-state index contributed by atoms with van der Waals surface area (Å²) in [4.78, 5) is 13.7. The van der Waals surface area contributed by atoms with Crippen LogP contribution in [0, 0.1) is 0 Å². The quantitative estimate of drug-likeness (QED) is 0.583. The van der Waals surface area contributed by atoms with E-state index in [1.165, 1.54) is 24.1 Å². The molecule has 0 radical (unpaired) electrons. The second-order valence-corrected chi connectivity index (χ2v) is 8.13. The summed E-state index contributed by atoms with van der Waals surface area (Å²) in [6, 6.07) is 12.7. The van der Waals surface area contributed by atoms with Gasteiger partial charge in [-0.25, -0.2) is 4.98 Å². The van der Waals surface area contributed by atoms with E-state index in [4.69, 9.17) is 11.6 Å². The highest BCUT2D eigenvalue weighted by Gasteiger charge is 2.23. The zero-order chi connectivity index (χ0) is 20.1. The summed E-state index contributed by atoms with van der Waals surface area (Å²) in [5.74, 6) is 1.92. The van der Waals surface area contributed by atoms with Gasteiger partial charge in [-0.3, -0.25) is 4.99 Å². The maximum atomic E-state index is 6.14. The third kappa shape index (κ3) is 5.12. The highest BCUT2D eigenvalue weighted by atomic mass is 35.5. The Hall–Kier alpha value is -2.47. The first-order chi connectivity index (χ1) is 14.2. The largest absolute Gasteiger partial charge is 0.369 e. The molecule has 2 fully saturated rings. The Bertz CT molecular complexity index is 849. The van der Waals surface area contributed by atoms with E-state index in [0.717, 1.165) is 55.9 Å². The topological polar surface area (TPSA) is 55.8 Å². The zero-order valence-electron chi connectivity index (χ0n) is 16.9. The van der Waals surface area contributed by atoms with Crippen molar-refractivity contribution >= 4 is 29.1 Å². The molecule has 0 spiro atoms. The summed E-state index contributed by atoms with van der Waals surface area (Å²) in [7, 11) is 1.82. The van der Waals surface area contributed by atoms with Crippen LogP contribution in [0.2, 0.25) is 5.02 Å². The summed E-state index contributed by atoms with van der Waals surface area (Å²) < 4.78 is 0. The van der Waals surface area contributed by atoms with Gasteiger partial charge in [-0.2, -0.15) is 0 Å². The van der Waals surface area contributed by atoms with E-state index in [-0.39, 0.29) is 0 Å². The number of benzene rings is 1. The van der Waals surface area contributed by atoms with Crippen LogP contribution in [0.4, 0.5) is 11.5 Å². The first-order valence-electron chi connectivity index (χ1n) is 10.4. The van der Waals surface area contributed by atoms with Crippen molar-refractivity contribution in [3.8, 4) is 0 Å². The Labute approximate surface area is 178 Å². The molecule has 0 saturated carbocycles. The van der Waals surface area contributed by atoms with Gasteiger partial charge in [-0.1, -0.05) is 17.7 Å². The minimum absolute atomic E-state index is 0.359. The van der Waals surface area contributed by atoms with E-state index < -0.39 is 0 Å². The van der Waals surface area contributed by atoms with Gasteiger partial charge in [-0.15, -0.1) is 0 Å². The van der Waals surface area contributed by atoms with Crippen LogP contribution in [-0.4, -0.2) is 50.2 Å². The van der Waals surface area contributed by atoms with Crippen molar-refractivity contribution < 1.29 is 0 Å². The third-order valence-corrected chi connectivity index (χ3v) is 5.86. The molecule has 2 aliphatic rings.